The lowest BCUT2D eigenvalue weighted by Gasteiger charge is -2.27. The number of carbonyl (C=O) groups is 2. The minimum absolute atomic E-state index is 0.0133. The quantitative estimate of drug-likeness (QED) is 0.0859. The molecule has 0 aliphatic carbocycles. The number of aromatic nitrogens is 3. The molecule has 0 saturated heterocycles. The molecule has 4 N–H and O–H groups in total. The highest BCUT2D eigenvalue weighted by Gasteiger charge is 2.39. The molecule has 47 heavy (non-hydrogen) atoms. The number of para-hydroxylation sites is 2. The van der Waals surface area contributed by atoms with E-state index in [2.05, 4.69) is 36.2 Å². The molecule has 0 saturated carbocycles. The minimum atomic E-state index is -2.24. The summed E-state index contributed by atoms with van der Waals surface area (Å²) in [5.74, 6) is -0.0361. The number of ether oxygens (including phenoxy) is 3. The molecule has 2 amide bonds. The molecule has 0 spiro atoms. The van der Waals surface area contributed by atoms with E-state index in [1.807, 2.05) is 6.07 Å². The summed E-state index contributed by atoms with van der Waals surface area (Å²) < 4.78 is 11.9. The third-order valence-corrected chi connectivity index (χ3v) is 6.91. The highest BCUT2D eigenvalue weighted by Crippen LogP contribution is 2.34. The Labute approximate surface area is 303 Å². The molecule has 0 bridgehead atoms. The lowest BCUT2D eigenvalue weighted by atomic mass is 10.3. The van der Waals surface area contributed by atoms with Crippen LogP contribution in [0.3, 0.4) is 0 Å². The monoisotopic (exact) mass is 781 g/mol. The first-order valence-electron chi connectivity index (χ1n) is 13.1. The Balaban J connectivity index is 1.57. The van der Waals surface area contributed by atoms with Crippen LogP contribution in [0.25, 0.3) is 0 Å². The molecule has 0 fully saturated rings. The van der Waals surface area contributed by atoms with Crippen molar-refractivity contribution in [3.8, 4) is 5.75 Å². The fourth-order valence-corrected chi connectivity index (χ4v) is 4.15. The normalized spacial score (nSPS) is 12.7. The van der Waals surface area contributed by atoms with Crippen LogP contribution in [0.4, 0.5) is 32.9 Å². The highest BCUT2D eigenvalue weighted by atomic mass is 35.6. The Hall–Kier alpha value is -3.36. The van der Waals surface area contributed by atoms with Gasteiger partial charge in [0.25, 0.3) is 0 Å². The molecule has 0 aliphatic heterocycles. The van der Waals surface area contributed by atoms with Crippen molar-refractivity contribution in [2.75, 3.05) is 21.3 Å². The van der Waals surface area contributed by atoms with Gasteiger partial charge < -0.3 is 24.8 Å². The Kier molecular flexibility index (Phi) is 12.9. The zero-order valence-electron chi connectivity index (χ0n) is 23.5. The summed E-state index contributed by atoms with van der Waals surface area (Å²) in [4.78, 5) is 38.0. The Bertz CT molecular complexity index is 1630. The van der Waals surface area contributed by atoms with Crippen molar-refractivity contribution in [1.29, 1.82) is 0 Å². The summed E-state index contributed by atoms with van der Waals surface area (Å²) in [6.07, 6.45) is -5.25. The maximum atomic E-state index is 12.7. The van der Waals surface area contributed by atoms with Crippen LogP contribution in [0.15, 0.2) is 84.9 Å². The number of nitrogens with zero attached hydrogens (tertiary/aromatic N) is 3. The number of anilines is 4. The van der Waals surface area contributed by atoms with Crippen molar-refractivity contribution in [3.63, 3.8) is 0 Å². The molecule has 0 aliphatic rings. The van der Waals surface area contributed by atoms with Crippen molar-refractivity contribution in [1.82, 2.24) is 15.0 Å². The van der Waals surface area contributed by atoms with Gasteiger partial charge in [0.15, 0.2) is 5.82 Å². The van der Waals surface area contributed by atoms with Crippen LogP contribution in [-0.4, -0.2) is 47.2 Å². The second-order valence-corrected chi connectivity index (χ2v) is 14.2. The van der Waals surface area contributed by atoms with Gasteiger partial charge in [0.05, 0.1) is 0 Å². The maximum Gasteiger partial charge on any atom is 0.413 e. The summed E-state index contributed by atoms with van der Waals surface area (Å²) in [5.41, 5.74) is 0.772. The van der Waals surface area contributed by atoms with Crippen molar-refractivity contribution in [2.45, 2.75) is 26.6 Å². The minimum Gasteiger partial charge on any atom is -0.486 e. The second-order valence-electron chi connectivity index (χ2n) is 9.07. The second kappa shape index (κ2) is 16.6. The molecule has 1 heterocycles. The number of amides is 2. The predicted octanol–water partition coefficient (Wildman–Crippen LogP) is 8.82. The lowest BCUT2D eigenvalue weighted by molar-refractivity contribution is 0.126. The molecular weight excluding hydrogens is 763 g/mol. The van der Waals surface area contributed by atoms with Crippen molar-refractivity contribution in [3.05, 3.63) is 95.8 Å². The van der Waals surface area contributed by atoms with E-state index in [1.54, 1.807) is 66.7 Å². The number of nitrogens with one attached hydrogen (secondary N) is 4. The van der Waals surface area contributed by atoms with E-state index in [-0.39, 0.29) is 24.3 Å². The largest absolute Gasteiger partial charge is 0.486 e. The van der Waals surface area contributed by atoms with Gasteiger partial charge >= 0.3 is 12.2 Å². The zero-order chi connectivity index (χ0) is 34.0. The first-order valence-corrected chi connectivity index (χ1v) is 15.7. The molecule has 0 radical (unpaired) electrons. The fraction of sp³-hybridized carbons (Fsp3) is 0.179. The third kappa shape index (κ3) is 12.3. The van der Waals surface area contributed by atoms with Gasteiger partial charge in [-0.2, -0.15) is 15.0 Å². The van der Waals surface area contributed by atoms with Crippen LogP contribution in [0, 0.1) is 0 Å². The predicted molar refractivity (Wildman–Crippen MR) is 184 cm³/mol. The smallest absolute Gasteiger partial charge is 0.413 e. The van der Waals surface area contributed by atoms with E-state index in [0.717, 1.165) is 0 Å². The summed E-state index contributed by atoms with van der Waals surface area (Å²) in [7, 11) is 0. The van der Waals surface area contributed by atoms with Gasteiger partial charge in [0.1, 0.15) is 12.4 Å². The molecule has 4 rings (SSSR count). The lowest BCUT2D eigenvalue weighted by Crippen LogP contribution is -2.41. The van der Waals surface area contributed by atoms with Crippen LogP contribution in [0.5, 0.6) is 5.75 Å². The van der Waals surface area contributed by atoms with E-state index >= 15 is 0 Å². The summed E-state index contributed by atoms with van der Waals surface area (Å²) >= 11 is 42.6. The molecule has 3 aromatic carbocycles. The molecule has 0 unspecified atom stereocenters. The van der Waals surface area contributed by atoms with E-state index in [1.165, 1.54) is 12.1 Å². The average Bonchev–Trinajstić information content (AvgIpc) is 3.00. The summed E-state index contributed by atoms with van der Waals surface area (Å²) in [6.45, 7) is -0.194. The van der Waals surface area contributed by atoms with Gasteiger partial charge in [-0.1, -0.05) is 118 Å². The number of halogens is 7. The molecular formula is C28H22Cl7N7O5. The standard InChI is InChI=1S/C28H22Cl7N7O5/c29-16-11-13-18(14-12-16)37-26(44)47-22(28(33,34)35)41-24-39-20(15-45-19-9-5-2-6-10-19)38-23(42-24)40-21(27(30,31)32)46-25(43)36-17-7-3-1-4-8-17/h1-14,21-22H,15H2,(H,36,43)(H,37,44)(H2,38,39,40,41,42)/t21-,22-/m0/s1. The van der Waals surface area contributed by atoms with Gasteiger partial charge in [0.2, 0.25) is 31.9 Å². The SMILES string of the molecule is O=C(Nc1ccccc1)O[C@H](Nc1nc(COc2ccccc2)nc(N[C@@H](OC(=O)Nc2ccc(Cl)cc2)C(Cl)(Cl)Cl)n1)C(Cl)(Cl)Cl. The topological polar surface area (TPSA) is 149 Å². The van der Waals surface area contributed by atoms with Crippen molar-refractivity contribution < 1.29 is 23.8 Å². The van der Waals surface area contributed by atoms with Gasteiger partial charge in [-0.15, -0.1) is 0 Å². The van der Waals surface area contributed by atoms with E-state index in [4.69, 9.17) is 95.4 Å². The number of alkyl halides is 6. The molecule has 4 aromatic rings. The zero-order valence-corrected chi connectivity index (χ0v) is 28.8. The first-order chi connectivity index (χ1) is 22.2. The van der Waals surface area contributed by atoms with E-state index in [0.29, 0.717) is 22.1 Å². The molecule has 248 valence electrons. The fourth-order valence-electron chi connectivity index (χ4n) is 3.43. The molecule has 1 aromatic heterocycles. The molecule has 19 heteroatoms. The number of hydrogen-bond acceptors (Lipinski definition) is 10. The Morgan fingerprint density at radius 1 is 0.638 bits per heavy atom. The number of carbonyl (C=O) groups excluding carboxylic acids is 2. The number of rotatable bonds is 11. The van der Waals surface area contributed by atoms with Crippen LogP contribution in [-0.2, 0) is 16.1 Å². The van der Waals surface area contributed by atoms with Gasteiger partial charge in [-0.25, -0.2) is 9.59 Å². The number of benzene rings is 3. The van der Waals surface area contributed by atoms with Gasteiger partial charge in [-0.05, 0) is 48.5 Å². The van der Waals surface area contributed by atoms with Crippen LogP contribution in [0.2, 0.25) is 5.02 Å². The van der Waals surface area contributed by atoms with Crippen LogP contribution >= 0.6 is 81.2 Å². The first kappa shape index (κ1) is 36.5. The Morgan fingerprint density at radius 3 is 1.55 bits per heavy atom. The highest BCUT2D eigenvalue weighted by molar-refractivity contribution is 6.68. The van der Waals surface area contributed by atoms with Gasteiger partial charge in [-0.3, -0.25) is 10.6 Å². The van der Waals surface area contributed by atoms with E-state index in [9.17, 15) is 9.59 Å². The van der Waals surface area contributed by atoms with Crippen LogP contribution in [0.1, 0.15) is 5.82 Å². The summed E-state index contributed by atoms with van der Waals surface area (Å²) in [6, 6.07) is 23.4. The molecule has 12 nitrogen and oxygen atoms in total. The van der Waals surface area contributed by atoms with Crippen molar-refractivity contribution in [2.24, 2.45) is 0 Å². The number of hydrogen-bond donors (Lipinski definition) is 4. The molecule has 2 atom stereocenters. The maximum absolute atomic E-state index is 12.7. The van der Waals surface area contributed by atoms with Gasteiger partial charge in [0, 0.05) is 16.4 Å². The van der Waals surface area contributed by atoms with Crippen LogP contribution < -0.4 is 26.0 Å². The summed E-state index contributed by atoms with van der Waals surface area (Å²) in [5, 5.41) is 10.7. The third-order valence-electron chi connectivity index (χ3n) is 5.47. The van der Waals surface area contributed by atoms with E-state index < -0.39 is 32.2 Å². The van der Waals surface area contributed by atoms with Crippen molar-refractivity contribution >= 4 is 117 Å². The average molecular weight is 785 g/mol. The Morgan fingerprint density at radius 2 is 1.09 bits per heavy atom.